The van der Waals surface area contributed by atoms with E-state index in [0.29, 0.717) is 16.3 Å². The number of amides is 1. The van der Waals surface area contributed by atoms with Crippen molar-refractivity contribution in [2.45, 2.75) is 13.0 Å². The van der Waals surface area contributed by atoms with Crippen LogP contribution in [0.25, 0.3) is 16.5 Å². The Labute approximate surface area is 194 Å². The van der Waals surface area contributed by atoms with E-state index in [1.807, 2.05) is 54.8 Å². The number of fused-ring (bicyclic) bond motifs is 1. The molecule has 3 aromatic carbocycles. The largest absolute Gasteiger partial charge is 0.507 e. The van der Waals surface area contributed by atoms with Gasteiger partial charge in [-0.1, -0.05) is 48.0 Å². The van der Waals surface area contributed by atoms with E-state index in [2.05, 4.69) is 0 Å². The van der Waals surface area contributed by atoms with E-state index in [1.54, 1.807) is 30.3 Å². The maximum atomic E-state index is 13.2. The Balaban J connectivity index is 1.73. The number of aliphatic hydroxyl groups is 1. The van der Waals surface area contributed by atoms with E-state index >= 15 is 0 Å². The lowest BCUT2D eigenvalue weighted by atomic mass is 9.97. The number of hydrogen-bond donors (Lipinski definition) is 1. The average molecular weight is 460 g/mol. The molecule has 0 spiro atoms. The molecule has 0 bridgehead atoms. The number of aryl methyl sites for hydroxylation is 1. The molecule has 0 aliphatic carbocycles. The van der Waals surface area contributed by atoms with Gasteiger partial charge in [0.2, 0.25) is 0 Å². The number of carbonyl (C=O) groups is 2. The number of Topliss-reactive ketones (excluding diaryl/α,β-unsaturated/α-hetero) is 1. The molecule has 0 saturated carbocycles. The van der Waals surface area contributed by atoms with Gasteiger partial charge >= 0.3 is 0 Å². The minimum atomic E-state index is -0.720. The summed E-state index contributed by atoms with van der Waals surface area (Å²) in [5, 5.41) is 15.7. The summed E-state index contributed by atoms with van der Waals surface area (Å²) >= 11 is 7.49. The van der Waals surface area contributed by atoms with Crippen LogP contribution in [0.5, 0.6) is 0 Å². The summed E-state index contributed by atoms with van der Waals surface area (Å²) in [5.74, 6) is -1.56. The topological polar surface area (TPSA) is 57.6 Å². The van der Waals surface area contributed by atoms with E-state index in [4.69, 9.17) is 11.6 Å². The fourth-order valence-corrected chi connectivity index (χ4v) is 5.26. The van der Waals surface area contributed by atoms with Crippen LogP contribution in [0.1, 0.15) is 22.0 Å². The predicted molar refractivity (Wildman–Crippen MR) is 129 cm³/mol. The van der Waals surface area contributed by atoms with Gasteiger partial charge in [0.05, 0.1) is 5.57 Å². The van der Waals surface area contributed by atoms with Crippen LogP contribution in [-0.4, -0.2) is 16.8 Å². The predicted octanol–water partition coefficient (Wildman–Crippen LogP) is 6.49. The van der Waals surface area contributed by atoms with Gasteiger partial charge in [0.25, 0.3) is 11.7 Å². The van der Waals surface area contributed by atoms with Gasteiger partial charge in [0.1, 0.15) is 11.8 Å². The number of ketones is 1. The zero-order valence-electron chi connectivity index (χ0n) is 17.1. The molecule has 4 nitrogen and oxygen atoms in total. The molecule has 1 unspecified atom stereocenters. The van der Waals surface area contributed by atoms with Crippen LogP contribution in [0.15, 0.2) is 83.7 Å². The highest BCUT2D eigenvalue weighted by molar-refractivity contribution is 7.10. The lowest BCUT2D eigenvalue weighted by Gasteiger charge is -2.25. The van der Waals surface area contributed by atoms with Crippen LogP contribution in [-0.2, 0) is 9.59 Å². The Morgan fingerprint density at radius 2 is 1.69 bits per heavy atom. The van der Waals surface area contributed by atoms with Gasteiger partial charge in [-0.3, -0.25) is 14.5 Å². The normalized spacial score (nSPS) is 17.9. The van der Waals surface area contributed by atoms with Crippen molar-refractivity contribution in [1.29, 1.82) is 0 Å². The summed E-state index contributed by atoms with van der Waals surface area (Å²) in [6.07, 6.45) is 0. The number of aliphatic hydroxyl groups excluding tert-OH is 1. The number of nitrogens with zero attached hydrogens (tertiary/aromatic N) is 1. The van der Waals surface area contributed by atoms with Crippen LogP contribution in [0.4, 0.5) is 5.69 Å². The Hall–Kier alpha value is -3.41. The quantitative estimate of drug-likeness (QED) is 0.216. The molecule has 1 atom stereocenters. The Bertz CT molecular complexity index is 1400. The first-order valence-electron chi connectivity index (χ1n) is 10.1. The molecule has 1 N–H and O–H groups in total. The maximum absolute atomic E-state index is 13.2. The molecule has 1 saturated heterocycles. The van der Waals surface area contributed by atoms with Crippen LogP contribution < -0.4 is 4.90 Å². The molecule has 2 heterocycles. The highest BCUT2D eigenvalue weighted by Crippen LogP contribution is 2.45. The zero-order valence-corrected chi connectivity index (χ0v) is 18.7. The lowest BCUT2D eigenvalue weighted by molar-refractivity contribution is -0.132. The summed E-state index contributed by atoms with van der Waals surface area (Å²) in [6, 6.07) is 21.3. The second kappa shape index (κ2) is 7.93. The van der Waals surface area contributed by atoms with E-state index in [1.165, 1.54) is 16.2 Å². The molecule has 6 heteroatoms. The molecular formula is C26H18ClNO3S. The minimum Gasteiger partial charge on any atom is -0.507 e. The molecule has 4 aromatic rings. The van der Waals surface area contributed by atoms with Crippen LogP contribution in [0, 0.1) is 6.92 Å². The van der Waals surface area contributed by atoms with E-state index in [9.17, 15) is 14.7 Å². The van der Waals surface area contributed by atoms with E-state index < -0.39 is 17.7 Å². The van der Waals surface area contributed by atoms with Crippen molar-refractivity contribution in [3.8, 4) is 0 Å². The third-order valence-electron chi connectivity index (χ3n) is 5.72. The van der Waals surface area contributed by atoms with Gasteiger partial charge in [-0.05, 0) is 65.0 Å². The smallest absolute Gasteiger partial charge is 0.300 e. The number of thiophene rings is 1. The molecule has 32 heavy (non-hydrogen) atoms. The number of hydrogen-bond acceptors (Lipinski definition) is 4. The van der Waals surface area contributed by atoms with Crippen molar-refractivity contribution in [2.75, 3.05) is 4.90 Å². The zero-order chi connectivity index (χ0) is 22.4. The molecule has 5 rings (SSSR count). The molecule has 1 aliphatic rings. The molecule has 1 fully saturated rings. The van der Waals surface area contributed by atoms with Gasteiger partial charge < -0.3 is 5.11 Å². The number of halogens is 1. The van der Waals surface area contributed by atoms with E-state index in [0.717, 1.165) is 21.2 Å². The summed E-state index contributed by atoms with van der Waals surface area (Å²) in [4.78, 5) is 28.7. The van der Waals surface area contributed by atoms with Crippen LogP contribution >= 0.6 is 22.9 Å². The SMILES string of the molecule is Cc1ccsc1C1/C(=C(/O)c2ccc3ccccc3c2)C(=O)C(=O)N1c1ccc(Cl)cc1. The standard InChI is InChI=1S/C26H18ClNO3S/c1-15-12-13-32-25(15)22-21(23(29)18-7-6-16-4-2-3-5-17(16)14-18)24(30)26(31)28(22)20-10-8-19(27)9-11-20/h2-14,22,29H,1H3/b23-21-. The van der Waals surface area contributed by atoms with Gasteiger partial charge in [-0.15, -0.1) is 11.3 Å². The second-order valence-electron chi connectivity index (χ2n) is 7.68. The van der Waals surface area contributed by atoms with Crippen molar-refractivity contribution in [1.82, 2.24) is 0 Å². The highest BCUT2D eigenvalue weighted by Gasteiger charge is 2.47. The highest BCUT2D eigenvalue weighted by atomic mass is 35.5. The fraction of sp³-hybridized carbons (Fsp3) is 0.0769. The van der Waals surface area contributed by atoms with Gasteiger partial charge in [-0.25, -0.2) is 0 Å². The summed E-state index contributed by atoms with van der Waals surface area (Å²) in [6.45, 7) is 1.93. The Morgan fingerprint density at radius 3 is 2.38 bits per heavy atom. The van der Waals surface area contributed by atoms with E-state index in [-0.39, 0.29) is 11.3 Å². The van der Waals surface area contributed by atoms with Crippen LogP contribution in [0.2, 0.25) is 5.02 Å². The Kier molecular flexibility index (Phi) is 5.08. The van der Waals surface area contributed by atoms with Crippen molar-refractivity contribution in [3.05, 3.63) is 105 Å². The summed E-state index contributed by atoms with van der Waals surface area (Å²) in [7, 11) is 0. The third kappa shape index (κ3) is 3.30. The minimum absolute atomic E-state index is 0.0887. The molecular weight excluding hydrogens is 442 g/mol. The van der Waals surface area contributed by atoms with Crippen molar-refractivity contribution >= 4 is 56.8 Å². The third-order valence-corrected chi connectivity index (χ3v) is 7.05. The van der Waals surface area contributed by atoms with Crippen molar-refractivity contribution < 1.29 is 14.7 Å². The van der Waals surface area contributed by atoms with Crippen molar-refractivity contribution in [2.24, 2.45) is 0 Å². The molecule has 1 aromatic heterocycles. The Morgan fingerprint density at radius 1 is 0.969 bits per heavy atom. The van der Waals surface area contributed by atoms with Crippen LogP contribution in [0.3, 0.4) is 0 Å². The number of carbonyl (C=O) groups excluding carboxylic acids is 2. The van der Waals surface area contributed by atoms with Gasteiger partial charge in [0, 0.05) is 21.2 Å². The molecule has 1 amide bonds. The lowest BCUT2D eigenvalue weighted by Crippen LogP contribution is -2.29. The first-order chi connectivity index (χ1) is 15.5. The summed E-state index contributed by atoms with van der Waals surface area (Å²) < 4.78 is 0. The molecule has 1 aliphatic heterocycles. The average Bonchev–Trinajstić information content (AvgIpc) is 3.34. The van der Waals surface area contributed by atoms with Gasteiger partial charge in [-0.2, -0.15) is 0 Å². The first kappa shape index (κ1) is 20.5. The molecule has 158 valence electrons. The number of rotatable bonds is 3. The fourth-order valence-electron chi connectivity index (χ4n) is 4.11. The summed E-state index contributed by atoms with van der Waals surface area (Å²) in [5.41, 5.74) is 2.08. The maximum Gasteiger partial charge on any atom is 0.300 e. The second-order valence-corrected chi connectivity index (χ2v) is 9.06. The number of benzene rings is 3. The number of anilines is 1. The van der Waals surface area contributed by atoms with Crippen molar-refractivity contribution in [3.63, 3.8) is 0 Å². The monoisotopic (exact) mass is 459 g/mol. The molecule has 0 radical (unpaired) electrons. The first-order valence-corrected chi connectivity index (χ1v) is 11.3. The van der Waals surface area contributed by atoms with Gasteiger partial charge in [0.15, 0.2) is 0 Å².